The van der Waals surface area contributed by atoms with Crippen LogP contribution in [-0.4, -0.2) is 19.8 Å². The van der Waals surface area contributed by atoms with E-state index in [4.69, 9.17) is 25.9 Å². The standard InChI is InChI=1S/C16H15ClN2O4.C2H6/c1-10-15(12(17)5-6-19(10)21-2)16(20)18-8-11-3-4-13-14(7-11)23-9-22-13;1-2/h3-7H,8-9H2,1-2H3;1-2H3/p+1. The van der Waals surface area contributed by atoms with Gasteiger partial charge in [-0.25, -0.2) is 0 Å². The van der Waals surface area contributed by atoms with E-state index in [1.807, 2.05) is 32.0 Å². The molecule has 0 unspecified atom stereocenters. The number of hydrogen-bond donors (Lipinski definition) is 1. The van der Waals surface area contributed by atoms with E-state index in [1.54, 1.807) is 19.2 Å². The van der Waals surface area contributed by atoms with Crippen LogP contribution >= 0.6 is 11.6 Å². The van der Waals surface area contributed by atoms with Crippen LogP contribution in [0.25, 0.3) is 0 Å². The van der Waals surface area contributed by atoms with Crippen molar-refractivity contribution in [3.63, 3.8) is 0 Å². The Kier molecular flexibility index (Phi) is 6.47. The first-order valence-electron chi connectivity index (χ1n) is 8.02. The first-order chi connectivity index (χ1) is 12.1. The van der Waals surface area contributed by atoms with Crippen molar-refractivity contribution >= 4 is 17.5 Å². The van der Waals surface area contributed by atoms with Gasteiger partial charge in [-0.2, -0.15) is 0 Å². The predicted octanol–water partition coefficient (Wildman–Crippen LogP) is 2.68. The molecule has 1 aromatic carbocycles. The quantitative estimate of drug-likeness (QED) is 0.846. The first-order valence-corrected chi connectivity index (χ1v) is 8.40. The molecule has 0 saturated heterocycles. The molecular weight excluding hydrogens is 344 g/mol. The number of carbonyl (C=O) groups excluding carboxylic acids is 1. The van der Waals surface area contributed by atoms with E-state index >= 15 is 0 Å². The summed E-state index contributed by atoms with van der Waals surface area (Å²) in [4.78, 5) is 17.6. The summed E-state index contributed by atoms with van der Waals surface area (Å²) in [5, 5.41) is 3.22. The number of benzene rings is 1. The Hall–Kier alpha value is -2.47. The van der Waals surface area contributed by atoms with Gasteiger partial charge in [-0.15, -0.1) is 0 Å². The fraction of sp³-hybridized carbons (Fsp3) is 0.333. The Morgan fingerprint density at radius 3 is 2.72 bits per heavy atom. The summed E-state index contributed by atoms with van der Waals surface area (Å²) in [6.45, 7) is 6.35. The van der Waals surface area contributed by atoms with Gasteiger partial charge in [-0.3, -0.25) is 9.63 Å². The molecule has 1 N–H and O–H groups in total. The summed E-state index contributed by atoms with van der Waals surface area (Å²) in [7, 11) is 1.52. The minimum Gasteiger partial charge on any atom is -0.454 e. The highest BCUT2D eigenvalue weighted by molar-refractivity contribution is 6.33. The third kappa shape index (κ3) is 4.14. The molecule has 2 aromatic rings. The summed E-state index contributed by atoms with van der Waals surface area (Å²) in [5.41, 5.74) is 1.92. The van der Waals surface area contributed by atoms with Crippen LogP contribution in [0.5, 0.6) is 11.5 Å². The number of nitrogens with zero attached hydrogens (tertiary/aromatic N) is 1. The molecule has 6 nitrogen and oxygen atoms in total. The molecule has 7 heteroatoms. The predicted molar refractivity (Wildman–Crippen MR) is 94.0 cm³/mol. The molecule has 0 spiro atoms. The van der Waals surface area contributed by atoms with Crippen molar-refractivity contribution in [3.8, 4) is 11.5 Å². The van der Waals surface area contributed by atoms with Gasteiger partial charge in [0.05, 0.1) is 5.02 Å². The van der Waals surface area contributed by atoms with Gasteiger partial charge in [-0.1, -0.05) is 31.5 Å². The van der Waals surface area contributed by atoms with Crippen molar-refractivity contribution in [2.75, 3.05) is 13.9 Å². The summed E-state index contributed by atoms with van der Waals surface area (Å²) < 4.78 is 12.1. The molecule has 25 heavy (non-hydrogen) atoms. The lowest BCUT2D eigenvalue weighted by molar-refractivity contribution is -0.889. The second-order valence-electron chi connectivity index (χ2n) is 5.00. The van der Waals surface area contributed by atoms with E-state index < -0.39 is 0 Å². The van der Waals surface area contributed by atoms with Crippen LogP contribution in [0.3, 0.4) is 0 Å². The number of pyridine rings is 1. The fourth-order valence-electron chi connectivity index (χ4n) is 2.40. The summed E-state index contributed by atoms with van der Waals surface area (Å²) in [5.74, 6) is 1.13. The minimum atomic E-state index is -0.267. The lowest BCUT2D eigenvalue weighted by Crippen LogP contribution is -2.45. The van der Waals surface area contributed by atoms with Crippen molar-refractivity contribution in [1.82, 2.24) is 5.32 Å². The number of aromatic nitrogens is 1. The van der Waals surface area contributed by atoms with Crippen LogP contribution < -0.4 is 24.4 Å². The van der Waals surface area contributed by atoms with E-state index in [2.05, 4.69) is 5.32 Å². The number of hydrogen-bond acceptors (Lipinski definition) is 4. The van der Waals surface area contributed by atoms with Gasteiger partial charge in [0.1, 0.15) is 12.7 Å². The number of halogens is 1. The third-order valence-electron chi connectivity index (χ3n) is 3.60. The summed E-state index contributed by atoms with van der Waals surface area (Å²) in [6, 6.07) is 7.16. The highest BCUT2D eigenvalue weighted by atomic mass is 35.5. The molecule has 1 aromatic heterocycles. The Morgan fingerprint density at radius 1 is 1.28 bits per heavy atom. The highest BCUT2D eigenvalue weighted by Crippen LogP contribution is 2.32. The Labute approximate surface area is 152 Å². The fourth-order valence-corrected chi connectivity index (χ4v) is 2.68. The van der Waals surface area contributed by atoms with Crippen molar-refractivity contribution in [3.05, 3.63) is 52.3 Å². The monoisotopic (exact) mass is 365 g/mol. The van der Waals surface area contributed by atoms with Gasteiger partial charge in [0.25, 0.3) is 5.91 Å². The van der Waals surface area contributed by atoms with Gasteiger partial charge < -0.3 is 14.8 Å². The van der Waals surface area contributed by atoms with Crippen molar-refractivity contribution in [2.24, 2.45) is 0 Å². The van der Waals surface area contributed by atoms with E-state index in [9.17, 15) is 4.79 Å². The normalized spacial score (nSPS) is 11.4. The summed E-state index contributed by atoms with van der Waals surface area (Å²) in [6.07, 6.45) is 1.66. The molecule has 0 aliphatic carbocycles. The Morgan fingerprint density at radius 2 is 2.00 bits per heavy atom. The number of carbonyl (C=O) groups is 1. The number of nitrogens with one attached hydrogen (secondary N) is 1. The lowest BCUT2D eigenvalue weighted by Gasteiger charge is -2.08. The van der Waals surface area contributed by atoms with Gasteiger partial charge in [0.15, 0.2) is 11.5 Å². The van der Waals surface area contributed by atoms with Gasteiger partial charge in [0, 0.05) is 24.3 Å². The molecule has 1 aliphatic rings. The molecule has 0 atom stereocenters. The molecule has 1 amide bonds. The van der Waals surface area contributed by atoms with Crippen LogP contribution in [0.15, 0.2) is 30.5 Å². The van der Waals surface area contributed by atoms with Gasteiger partial charge in [0.2, 0.25) is 18.7 Å². The Balaban J connectivity index is 0.00000109. The molecule has 134 valence electrons. The van der Waals surface area contributed by atoms with Crippen LogP contribution in [0, 0.1) is 6.92 Å². The zero-order valence-corrected chi connectivity index (χ0v) is 15.5. The maximum Gasteiger partial charge on any atom is 0.259 e. The molecule has 2 heterocycles. The van der Waals surface area contributed by atoms with Crippen molar-refractivity contribution in [2.45, 2.75) is 27.3 Å². The zero-order chi connectivity index (χ0) is 18.4. The number of ether oxygens (including phenoxy) is 2. The van der Waals surface area contributed by atoms with Crippen molar-refractivity contribution in [1.29, 1.82) is 0 Å². The van der Waals surface area contributed by atoms with E-state index in [0.29, 0.717) is 34.3 Å². The molecular formula is C18H22ClN2O4+. The minimum absolute atomic E-state index is 0.223. The average molecular weight is 366 g/mol. The SMILES string of the molecule is CC.CO[n+]1ccc(Cl)c(C(=O)NCc2ccc3c(c2)OCO3)c1C. The van der Waals surface area contributed by atoms with Crippen LogP contribution in [0.4, 0.5) is 0 Å². The van der Waals surface area contributed by atoms with Gasteiger partial charge in [-0.05, 0) is 17.7 Å². The summed E-state index contributed by atoms with van der Waals surface area (Å²) >= 11 is 6.15. The van der Waals surface area contributed by atoms with Crippen molar-refractivity contribution < 1.29 is 23.8 Å². The van der Waals surface area contributed by atoms with Gasteiger partial charge >= 0.3 is 0 Å². The number of fused-ring (bicyclic) bond motifs is 1. The molecule has 0 radical (unpaired) electrons. The molecule has 1 aliphatic heterocycles. The van der Waals surface area contributed by atoms with Crippen LogP contribution in [0.1, 0.15) is 35.5 Å². The second-order valence-corrected chi connectivity index (χ2v) is 5.41. The third-order valence-corrected chi connectivity index (χ3v) is 3.92. The Bertz CT molecular complexity index is 765. The average Bonchev–Trinajstić information content (AvgIpc) is 3.09. The molecule has 0 saturated carbocycles. The smallest absolute Gasteiger partial charge is 0.259 e. The number of amides is 1. The lowest BCUT2D eigenvalue weighted by atomic mass is 10.1. The molecule has 0 bridgehead atoms. The molecule has 0 fully saturated rings. The van der Waals surface area contributed by atoms with Crippen LogP contribution in [0.2, 0.25) is 5.02 Å². The van der Waals surface area contributed by atoms with Crippen LogP contribution in [-0.2, 0) is 6.54 Å². The first kappa shape index (κ1) is 18.9. The maximum absolute atomic E-state index is 12.4. The highest BCUT2D eigenvalue weighted by Gasteiger charge is 2.23. The largest absolute Gasteiger partial charge is 0.454 e. The number of rotatable bonds is 4. The zero-order valence-electron chi connectivity index (χ0n) is 14.8. The van der Waals surface area contributed by atoms with E-state index in [1.165, 1.54) is 11.8 Å². The second kappa shape index (κ2) is 8.58. The maximum atomic E-state index is 12.4. The van der Waals surface area contributed by atoms with E-state index in [-0.39, 0.29) is 12.7 Å². The molecule has 3 rings (SSSR count). The topological polar surface area (TPSA) is 60.7 Å². The van der Waals surface area contributed by atoms with E-state index in [0.717, 1.165) is 5.56 Å².